The fourth-order valence-corrected chi connectivity index (χ4v) is 4.25. The summed E-state index contributed by atoms with van der Waals surface area (Å²) in [7, 11) is 0. The van der Waals surface area contributed by atoms with Crippen LogP contribution in [0.25, 0.3) is 0 Å². The van der Waals surface area contributed by atoms with E-state index in [-0.39, 0.29) is 5.82 Å². The number of hydrogen-bond donors (Lipinski definition) is 1. The molecule has 3 heteroatoms. The zero-order valence-corrected chi connectivity index (χ0v) is 14.6. The van der Waals surface area contributed by atoms with Crippen LogP contribution >= 0.6 is 22.6 Å². The first-order valence-electron chi connectivity index (χ1n) is 7.84. The highest BCUT2D eigenvalue weighted by atomic mass is 127. The highest BCUT2D eigenvalue weighted by molar-refractivity contribution is 14.1. The maximum Gasteiger partial charge on any atom is 0.124 e. The fraction of sp³-hybridized carbons (Fsp3) is 0.647. The smallest absolute Gasteiger partial charge is 0.124 e. The van der Waals surface area contributed by atoms with Crippen LogP contribution in [-0.4, -0.2) is 6.54 Å². The Balaban J connectivity index is 2.14. The summed E-state index contributed by atoms with van der Waals surface area (Å²) in [5, 5.41) is 3.63. The molecule has 1 atom stereocenters. The molecule has 1 saturated carbocycles. The van der Waals surface area contributed by atoms with Gasteiger partial charge in [-0.3, -0.25) is 0 Å². The van der Waals surface area contributed by atoms with Crippen LogP contribution in [0.2, 0.25) is 0 Å². The van der Waals surface area contributed by atoms with E-state index in [1.807, 2.05) is 6.07 Å². The lowest BCUT2D eigenvalue weighted by molar-refractivity contribution is 0.219. The van der Waals surface area contributed by atoms with E-state index in [2.05, 4.69) is 41.8 Å². The van der Waals surface area contributed by atoms with Gasteiger partial charge in [0.25, 0.3) is 0 Å². The van der Waals surface area contributed by atoms with Gasteiger partial charge in [-0.15, -0.1) is 0 Å². The van der Waals surface area contributed by atoms with Crippen molar-refractivity contribution >= 4 is 22.6 Å². The minimum Gasteiger partial charge on any atom is -0.310 e. The van der Waals surface area contributed by atoms with Crippen molar-refractivity contribution in [3.63, 3.8) is 0 Å². The summed E-state index contributed by atoms with van der Waals surface area (Å²) in [5.74, 6) is 1.47. The van der Waals surface area contributed by atoms with Gasteiger partial charge in [-0.1, -0.05) is 39.2 Å². The van der Waals surface area contributed by atoms with Crippen molar-refractivity contribution in [2.75, 3.05) is 6.54 Å². The van der Waals surface area contributed by atoms with E-state index in [0.717, 1.165) is 16.0 Å². The maximum absolute atomic E-state index is 13.3. The zero-order valence-electron chi connectivity index (χ0n) is 12.5. The van der Waals surface area contributed by atoms with Crippen molar-refractivity contribution in [1.29, 1.82) is 0 Å². The number of hydrogen-bond acceptors (Lipinski definition) is 1. The Labute approximate surface area is 135 Å². The molecule has 1 nitrogen and oxygen atoms in total. The first-order chi connectivity index (χ1) is 9.65. The van der Waals surface area contributed by atoms with Gasteiger partial charge in [0.2, 0.25) is 0 Å². The molecule has 112 valence electrons. The number of benzene rings is 1. The summed E-state index contributed by atoms with van der Waals surface area (Å²) >= 11 is 2.27. The van der Waals surface area contributed by atoms with Gasteiger partial charge >= 0.3 is 0 Å². The van der Waals surface area contributed by atoms with E-state index in [0.29, 0.717) is 12.0 Å². The van der Waals surface area contributed by atoms with Crippen molar-refractivity contribution in [3.8, 4) is 0 Å². The largest absolute Gasteiger partial charge is 0.310 e. The van der Waals surface area contributed by atoms with Gasteiger partial charge in [-0.25, -0.2) is 4.39 Å². The first kappa shape index (κ1) is 16.2. The van der Waals surface area contributed by atoms with Crippen molar-refractivity contribution in [2.24, 2.45) is 11.8 Å². The van der Waals surface area contributed by atoms with Crippen LogP contribution in [0.1, 0.15) is 57.6 Å². The molecule has 1 fully saturated rings. The standard InChI is InChI=1S/C17H25FIN/c1-3-12-5-7-13(8-6-12)17(20-4-2)15-10-9-14(18)11-16(15)19/h9-13,17,20H,3-8H2,1-2H3. The topological polar surface area (TPSA) is 12.0 Å². The van der Waals surface area contributed by atoms with Crippen molar-refractivity contribution in [1.82, 2.24) is 5.32 Å². The number of halogens is 2. The summed E-state index contributed by atoms with van der Waals surface area (Å²) in [6.07, 6.45) is 6.60. The van der Waals surface area contributed by atoms with Gasteiger partial charge in [0.15, 0.2) is 0 Å². The van der Waals surface area contributed by atoms with Crippen LogP contribution in [0, 0.1) is 21.2 Å². The van der Waals surface area contributed by atoms with Gasteiger partial charge in [0.05, 0.1) is 0 Å². The Morgan fingerprint density at radius 2 is 1.95 bits per heavy atom. The molecule has 0 aromatic heterocycles. The predicted molar refractivity (Wildman–Crippen MR) is 91.3 cm³/mol. The Morgan fingerprint density at radius 1 is 1.25 bits per heavy atom. The SMILES string of the molecule is CCNC(c1ccc(F)cc1I)C1CCC(CC)CC1. The lowest BCUT2D eigenvalue weighted by atomic mass is 9.76. The van der Waals surface area contributed by atoms with Crippen LogP contribution in [0.3, 0.4) is 0 Å². The van der Waals surface area contributed by atoms with Crippen LogP contribution < -0.4 is 5.32 Å². The summed E-state index contributed by atoms with van der Waals surface area (Å²) in [4.78, 5) is 0. The first-order valence-corrected chi connectivity index (χ1v) is 8.91. The minimum absolute atomic E-state index is 0.136. The number of rotatable bonds is 5. The molecule has 1 unspecified atom stereocenters. The summed E-state index contributed by atoms with van der Waals surface area (Å²) in [5.41, 5.74) is 1.27. The van der Waals surface area contributed by atoms with Gasteiger partial charge in [0.1, 0.15) is 5.82 Å². The zero-order chi connectivity index (χ0) is 14.5. The molecule has 1 aliphatic carbocycles. The Hall–Kier alpha value is -0.160. The molecule has 1 aromatic rings. The number of nitrogens with one attached hydrogen (secondary N) is 1. The molecule has 2 rings (SSSR count). The molecular formula is C17H25FIN. The maximum atomic E-state index is 13.3. The average molecular weight is 389 g/mol. The third kappa shape index (κ3) is 3.94. The quantitative estimate of drug-likeness (QED) is 0.675. The second kappa shape index (κ2) is 7.74. The molecule has 1 aliphatic rings. The fourth-order valence-electron chi connectivity index (χ4n) is 3.43. The van der Waals surface area contributed by atoms with Gasteiger partial charge in [-0.05, 0) is 71.5 Å². The van der Waals surface area contributed by atoms with E-state index in [1.165, 1.54) is 37.7 Å². The Kier molecular flexibility index (Phi) is 6.27. The average Bonchev–Trinajstić information content (AvgIpc) is 2.46. The summed E-state index contributed by atoms with van der Waals surface area (Å²) in [6, 6.07) is 5.60. The Bertz CT molecular complexity index is 427. The van der Waals surface area contributed by atoms with Crippen molar-refractivity contribution in [3.05, 3.63) is 33.1 Å². The van der Waals surface area contributed by atoms with Gasteiger partial charge < -0.3 is 5.32 Å². The molecule has 0 bridgehead atoms. The highest BCUT2D eigenvalue weighted by Gasteiger charge is 2.28. The Morgan fingerprint density at radius 3 is 2.50 bits per heavy atom. The molecule has 0 radical (unpaired) electrons. The van der Waals surface area contributed by atoms with Crippen LogP contribution in [-0.2, 0) is 0 Å². The molecule has 0 aliphatic heterocycles. The van der Waals surface area contributed by atoms with Crippen LogP contribution in [0.15, 0.2) is 18.2 Å². The molecule has 1 N–H and O–H groups in total. The molecule has 20 heavy (non-hydrogen) atoms. The normalized spacial score (nSPS) is 24.6. The summed E-state index contributed by atoms with van der Waals surface area (Å²) < 4.78 is 14.4. The van der Waals surface area contributed by atoms with Gasteiger partial charge in [0, 0.05) is 9.61 Å². The molecule has 0 spiro atoms. The van der Waals surface area contributed by atoms with Gasteiger partial charge in [-0.2, -0.15) is 0 Å². The van der Waals surface area contributed by atoms with E-state index in [9.17, 15) is 4.39 Å². The molecule has 1 aromatic carbocycles. The molecule has 0 amide bonds. The second-order valence-corrected chi connectivity index (χ2v) is 7.05. The van der Waals surface area contributed by atoms with Crippen molar-refractivity contribution < 1.29 is 4.39 Å². The van der Waals surface area contributed by atoms with E-state index in [4.69, 9.17) is 0 Å². The van der Waals surface area contributed by atoms with Crippen LogP contribution in [0.5, 0.6) is 0 Å². The predicted octanol–water partition coefficient (Wildman–Crippen LogP) is 5.30. The lowest BCUT2D eigenvalue weighted by Gasteiger charge is -2.34. The molecule has 0 saturated heterocycles. The molecule has 0 heterocycles. The third-order valence-corrected chi connectivity index (χ3v) is 5.60. The third-order valence-electron chi connectivity index (χ3n) is 4.66. The van der Waals surface area contributed by atoms with E-state index in [1.54, 1.807) is 12.1 Å². The van der Waals surface area contributed by atoms with E-state index < -0.39 is 0 Å². The molecular weight excluding hydrogens is 364 g/mol. The van der Waals surface area contributed by atoms with Crippen molar-refractivity contribution in [2.45, 2.75) is 52.0 Å². The lowest BCUT2D eigenvalue weighted by Crippen LogP contribution is -2.31. The highest BCUT2D eigenvalue weighted by Crippen LogP contribution is 2.39. The summed E-state index contributed by atoms with van der Waals surface area (Å²) in [6.45, 7) is 5.42. The monoisotopic (exact) mass is 389 g/mol. The van der Waals surface area contributed by atoms with E-state index >= 15 is 0 Å². The van der Waals surface area contributed by atoms with Crippen LogP contribution in [0.4, 0.5) is 4.39 Å². The minimum atomic E-state index is -0.136. The second-order valence-electron chi connectivity index (χ2n) is 5.89.